The predicted octanol–water partition coefficient (Wildman–Crippen LogP) is 2.66. The summed E-state index contributed by atoms with van der Waals surface area (Å²) in [5, 5.41) is 11.8. The van der Waals surface area contributed by atoms with Gasteiger partial charge in [-0.25, -0.2) is 4.79 Å². The standard InChI is InChI=1S/C15H21F3N2O2/c1-10(19-14(22)20(3)9-11(2)21)8-12-6-4-5-7-13(12)15(16,17)18/h4-7,10-11,21H,8-9H2,1-3H3,(H,19,22). The number of amides is 2. The predicted molar refractivity (Wildman–Crippen MR) is 77.5 cm³/mol. The maximum atomic E-state index is 12.9. The molecule has 0 spiro atoms. The van der Waals surface area contributed by atoms with E-state index in [-0.39, 0.29) is 18.5 Å². The molecule has 2 N–H and O–H groups in total. The minimum Gasteiger partial charge on any atom is -0.392 e. The molecule has 0 saturated carbocycles. The lowest BCUT2D eigenvalue weighted by atomic mass is 10.0. The van der Waals surface area contributed by atoms with Gasteiger partial charge in [-0.1, -0.05) is 18.2 Å². The van der Waals surface area contributed by atoms with Gasteiger partial charge < -0.3 is 15.3 Å². The highest BCUT2D eigenvalue weighted by atomic mass is 19.4. The Morgan fingerprint density at radius 2 is 1.91 bits per heavy atom. The number of carbonyl (C=O) groups excluding carboxylic acids is 1. The lowest BCUT2D eigenvalue weighted by Gasteiger charge is -2.23. The van der Waals surface area contributed by atoms with Gasteiger partial charge in [0.25, 0.3) is 0 Å². The molecule has 2 amide bonds. The normalized spacial score (nSPS) is 14.3. The molecule has 0 bridgehead atoms. The van der Waals surface area contributed by atoms with E-state index < -0.39 is 29.9 Å². The number of urea groups is 1. The molecule has 0 radical (unpaired) electrons. The maximum Gasteiger partial charge on any atom is 0.416 e. The summed E-state index contributed by atoms with van der Waals surface area (Å²) in [7, 11) is 1.51. The Kier molecular flexibility index (Phi) is 6.22. The lowest BCUT2D eigenvalue weighted by Crippen LogP contribution is -2.45. The van der Waals surface area contributed by atoms with Crippen molar-refractivity contribution in [3.8, 4) is 0 Å². The van der Waals surface area contributed by atoms with Gasteiger partial charge in [-0.2, -0.15) is 13.2 Å². The Morgan fingerprint density at radius 1 is 1.32 bits per heavy atom. The highest BCUT2D eigenvalue weighted by Crippen LogP contribution is 2.32. The van der Waals surface area contributed by atoms with Crippen molar-refractivity contribution in [2.75, 3.05) is 13.6 Å². The van der Waals surface area contributed by atoms with Crippen molar-refractivity contribution in [3.63, 3.8) is 0 Å². The zero-order valence-corrected chi connectivity index (χ0v) is 12.8. The van der Waals surface area contributed by atoms with Gasteiger partial charge in [-0.15, -0.1) is 0 Å². The van der Waals surface area contributed by atoms with E-state index >= 15 is 0 Å². The smallest absolute Gasteiger partial charge is 0.392 e. The maximum absolute atomic E-state index is 12.9. The summed E-state index contributed by atoms with van der Waals surface area (Å²) in [6, 6.07) is 4.42. The summed E-state index contributed by atoms with van der Waals surface area (Å²) in [4.78, 5) is 13.1. The SMILES string of the molecule is CC(O)CN(C)C(=O)NC(C)Cc1ccccc1C(F)(F)F. The van der Waals surface area contributed by atoms with Gasteiger partial charge in [0, 0.05) is 19.6 Å². The van der Waals surface area contributed by atoms with Crippen molar-refractivity contribution in [1.82, 2.24) is 10.2 Å². The van der Waals surface area contributed by atoms with Crippen molar-refractivity contribution in [2.45, 2.75) is 38.6 Å². The first kappa shape index (κ1) is 18.3. The van der Waals surface area contributed by atoms with Crippen LogP contribution in [0.3, 0.4) is 0 Å². The topological polar surface area (TPSA) is 52.6 Å². The number of aliphatic hydroxyl groups is 1. The summed E-state index contributed by atoms with van der Waals surface area (Å²) in [6.45, 7) is 3.34. The molecule has 0 saturated heterocycles. The van der Waals surface area contributed by atoms with E-state index in [0.29, 0.717) is 0 Å². The number of hydrogen-bond acceptors (Lipinski definition) is 2. The number of rotatable bonds is 5. The molecule has 2 unspecified atom stereocenters. The summed E-state index contributed by atoms with van der Waals surface area (Å²) in [6.07, 6.45) is -5.01. The number of benzene rings is 1. The van der Waals surface area contributed by atoms with Crippen LogP contribution in [0.15, 0.2) is 24.3 Å². The number of nitrogens with zero attached hydrogens (tertiary/aromatic N) is 1. The third-order valence-electron chi connectivity index (χ3n) is 3.10. The summed E-state index contributed by atoms with van der Waals surface area (Å²) in [5.74, 6) is 0. The average Bonchev–Trinajstić information content (AvgIpc) is 2.36. The third kappa shape index (κ3) is 5.55. The monoisotopic (exact) mass is 318 g/mol. The van der Waals surface area contributed by atoms with Crippen LogP contribution < -0.4 is 5.32 Å². The quantitative estimate of drug-likeness (QED) is 0.877. The molecule has 0 aromatic heterocycles. The first-order chi connectivity index (χ1) is 10.1. The van der Waals surface area contributed by atoms with E-state index in [0.717, 1.165) is 6.07 Å². The second-order valence-corrected chi connectivity index (χ2v) is 5.44. The minimum atomic E-state index is -4.41. The van der Waals surface area contributed by atoms with E-state index in [9.17, 15) is 23.1 Å². The zero-order chi connectivity index (χ0) is 16.9. The van der Waals surface area contributed by atoms with Crippen molar-refractivity contribution in [1.29, 1.82) is 0 Å². The lowest BCUT2D eigenvalue weighted by molar-refractivity contribution is -0.138. The largest absolute Gasteiger partial charge is 0.416 e. The Balaban J connectivity index is 2.70. The molecule has 0 fully saturated rings. The van der Waals surface area contributed by atoms with Gasteiger partial charge in [-0.05, 0) is 31.9 Å². The number of alkyl halides is 3. The van der Waals surface area contributed by atoms with E-state index in [2.05, 4.69) is 5.32 Å². The fraction of sp³-hybridized carbons (Fsp3) is 0.533. The molecule has 2 atom stereocenters. The molecule has 1 aromatic carbocycles. The Labute approximate surface area is 127 Å². The van der Waals surface area contributed by atoms with Crippen LogP contribution in [-0.2, 0) is 12.6 Å². The van der Waals surface area contributed by atoms with Crippen molar-refractivity contribution >= 4 is 6.03 Å². The van der Waals surface area contributed by atoms with Crippen LogP contribution in [0.1, 0.15) is 25.0 Å². The molecule has 0 heterocycles. The molecule has 22 heavy (non-hydrogen) atoms. The van der Waals surface area contributed by atoms with Gasteiger partial charge in [0.2, 0.25) is 0 Å². The molecule has 1 rings (SSSR count). The molecular formula is C15H21F3N2O2. The van der Waals surface area contributed by atoms with Crippen LogP contribution >= 0.6 is 0 Å². The van der Waals surface area contributed by atoms with Crippen LogP contribution in [0.2, 0.25) is 0 Å². The molecule has 0 aliphatic carbocycles. The summed E-state index contributed by atoms with van der Waals surface area (Å²) >= 11 is 0. The van der Waals surface area contributed by atoms with Gasteiger partial charge in [-0.3, -0.25) is 0 Å². The Bertz CT molecular complexity index is 504. The van der Waals surface area contributed by atoms with E-state index in [1.807, 2.05) is 0 Å². The Hall–Kier alpha value is -1.76. The number of likely N-dealkylation sites (N-methyl/N-ethyl adjacent to an activating group) is 1. The van der Waals surface area contributed by atoms with Crippen LogP contribution in [0.4, 0.5) is 18.0 Å². The van der Waals surface area contributed by atoms with Gasteiger partial charge in [0.05, 0.1) is 11.7 Å². The van der Waals surface area contributed by atoms with Crippen LogP contribution in [0.25, 0.3) is 0 Å². The number of halogens is 3. The molecule has 4 nitrogen and oxygen atoms in total. The van der Waals surface area contributed by atoms with Crippen molar-refractivity contribution < 1.29 is 23.1 Å². The average molecular weight is 318 g/mol. The van der Waals surface area contributed by atoms with E-state index in [4.69, 9.17) is 0 Å². The van der Waals surface area contributed by atoms with E-state index in [1.165, 1.54) is 24.1 Å². The molecule has 1 aromatic rings. The van der Waals surface area contributed by atoms with Crippen molar-refractivity contribution in [3.05, 3.63) is 35.4 Å². The number of hydrogen-bond donors (Lipinski definition) is 2. The fourth-order valence-electron chi connectivity index (χ4n) is 2.16. The van der Waals surface area contributed by atoms with Crippen LogP contribution in [-0.4, -0.2) is 41.8 Å². The van der Waals surface area contributed by atoms with Gasteiger partial charge in [0.15, 0.2) is 0 Å². The second-order valence-electron chi connectivity index (χ2n) is 5.44. The molecule has 7 heteroatoms. The number of aliphatic hydroxyl groups excluding tert-OH is 1. The zero-order valence-electron chi connectivity index (χ0n) is 12.8. The highest BCUT2D eigenvalue weighted by Gasteiger charge is 2.33. The third-order valence-corrected chi connectivity index (χ3v) is 3.10. The minimum absolute atomic E-state index is 0.0734. The van der Waals surface area contributed by atoms with E-state index in [1.54, 1.807) is 19.9 Å². The first-order valence-electron chi connectivity index (χ1n) is 6.96. The fourth-order valence-corrected chi connectivity index (χ4v) is 2.16. The summed E-state index contributed by atoms with van der Waals surface area (Å²) < 4.78 is 38.7. The molecule has 0 aliphatic heterocycles. The van der Waals surface area contributed by atoms with Crippen LogP contribution in [0, 0.1) is 0 Å². The second kappa shape index (κ2) is 7.49. The van der Waals surface area contributed by atoms with Gasteiger partial charge >= 0.3 is 12.2 Å². The number of carbonyl (C=O) groups is 1. The van der Waals surface area contributed by atoms with Gasteiger partial charge in [0.1, 0.15) is 0 Å². The molecule has 0 aliphatic rings. The summed E-state index contributed by atoms with van der Waals surface area (Å²) in [5.41, 5.74) is -0.547. The number of nitrogens with one attached hydrogen (secondary N) is 1. The van der Waals surface area contributed by atoms with Crippen LogP contribution in [0.5, 0.6) is 0 Å². The molecular weight excluding hydrogens is 297 g/mol. The molecule has 124 valence electrons. The van der Waals surface area contributed by atoms with Crippen molar-refractivity contribution in [2.24, 2.45) is 0 Å². The highest BCUT2D eigenvalue weighted by molar-refractivity contribution is 5.74. The Morgan fingerprint density at radius 3 is 2.45 bits per heavy atom. The first-order valence-corrected chi connectivity index (χ1v) is 6.96.